The molecule has 2 atom stereocenters. The maximum Gasteiger partial charge on any atom is 0.303 e. The summed E-state index contributed by atoms with van der Waals surface area (Å²) in [5, 5.41) is 33.4. The highest BCUT2D eigenvalue weighted by molar-refractivity contribution is 5.67. The van der Waals surface area contributed by atoms with Gasteiger partial charge in [0.2, 0.25) is 0 Å². The van der Waals surface area contributed by atoms with Gasteiger partial charge in [0.25, 0.3) is 0 Å². The molecule has 0 aliphatic carbocycles. The molecule has 0 saturated heterocycles. The number of ether oxygens (including phenoxy) is 2. The number of aliphatic hydroxyl groups is 2. The van der Waals surface area contributed by atoms with Gasteiger partial charge in [0.1, 0.15) is 0 Å². The summed E-state index contributed by atoms with van der Waals surface area (Å²) in [6.45, 7) is 9.79. The van der Waals surface area contributed by atoms with Gasteiger partial charge in [0.15, 0.2) is 0 Å². The molecule has 0 bridgehead atoms. The zero-order chi connectivity index (χ0) is 20.8. The highest BCUT2D eigenvalue weighted by atomic mass is 16.5. The fourth-order valence-corrected chi connectivity index (χ4v) is 1.30. The molecule has 2 unspecified atom stereocenters. The second kappa shape index (κ2) is 23.8. The first-order valence-electron chi connectivity index (χ1n) is 9.12. The summed E-state index contributed by atoms with van der Waals surface area (Å²) in [4.78, 5) is 19.8. The molecule has 0 aromatic carbocycles. The number of aliphatic carboxylic acids is 2. The molecule has 4 N–H and O–H groups in total. The first kappa shape index (κ1) is 29.5. The molecule has 0 heterocycles. The molecule has 0 radical (unpaired) electrons. The zero-order valence-electron chi connectivity index (χ0n) is 16.6. The summed E-state index contributed by atoms with van der Waals surface area (Å²) in [6, 6.07) is 0. The molecule has 0 fully saturated rings. The van der Waals surface area contributed by atoms with Gasteiger partial charge < -0.3 is 29.9 Å². The average molecular weight is 382 g/mol. The number of carboxylic acids is 2. The monoisotopic (exact) mass is 382 g/mol. The molecule has 8 heteroatoms. The molecule has 0 rings (SSSR count). The third-order valence-electron chi connectivity index (χ3n) is 2.61. The molecule has 0 aromatic heterocycles. The quantitative estimate of drug-likeness (QED) is 0.357. The van der Waals surface area contributed by atoms with Crippen molar-refractivity contribution in [1.82, 2.24) is 0 Å². The normalized spacial score (nSPS) is 12.1. The van der Waals surface area contributed by atoms with Crippen molar-refractivity contribution < 1.29 is 39.5 Å². The lowest BCUT2D eigenvalue weighted by Crippen LogP contribution is -2.19. The number of hydrogen-bond acceptors (Lipinski definition) is 6. The van der Waals surface area contributed by atoms with Crippen LogP contribution >= 0.6 is 0 Å². The van der Waals surface area contributed by atoms with E-state index in [1.165, 1.54) is 0 Å². The van der Waals surface area contributed by atoms with Crippen molar-refractivity contribution in [2.45, 2.75) is 78.4 Å². The van der Waals surface area contributed by atoms with Crippen LogP contribution in [0.3, 0.4) is 0 Å². The maximum atomic E-state index is 9.90. The predicted molar refractivity (Wildman–Crippen MR) is 99.3 cm³/mol. The molecule has 0 saturated carbocycles. The Morgan fingerprint density at radius 1 is 0.923 bits per heavy atom. The van der Waals surface area contributed by atoms with E-state index in [1.807, 2.05) is 0 Å². The van der Waals surface area contributed by atoms with Gasteiger partial charge in [-0.05, 0) is 39.5 Å². The minimum atomic E-state index is -0.870. The lowest BCUT2D eigenvalue weighted by atomic mass is 10.2. The Kier molecular flexibility index (Phi) is 27.0. The Morgan fingerprint density at radius 2 is 1.35 bits per heavy atom. The van der Waals surface area contributed by atoms with Crippen molar-refractivity contribution in [1.29, 1.82) is 0 Å². The van der Waals surface area contributed by atoms with E-state index in [4.69, 9.17) is 29.9 Å². The number of unbranched alkanes of at least 4 members (excludes halogenated alkanes) is 1. The Morgan fingerprint density at radius 3 is 1.62 bits per heavy atom. The smallest absolute Gasteiger partial charge is 0.303 e. The van der Waals surface area contributed by atoms with E-state index in [9.17, 15) is 9.59 Å². The summed E-state index contributed by atoms with van der Waals surface area (Å²) in [6.07, 6.45) is 2.68. The second-order valence-corrected chi connectivity index (χ2v) is 5.78. The number of hydrogen-bond donors (Lipinski definition) is 4. The molecule has 158 valence electrons. The molecule has 0 amide bonds. The topological polar surface area (TPSA) is 134 Å². The van der Waals surface area contributed by atoms with E-state index in [2.05, 4.69) is 13.8 Å². The fourth-order valence-electron chi connectivity index (χ4n) is 1.30. The van der Waals surface area contributed by atoms with Crippen LogP contribution in [0.15, 0.2) is 0 Å². The summed E-state index contributed by atoms with van der Waals surface area (Å²) in [7, 11) is 0. The molecule has 8 nitrogen and oxygen atoms in total. The Balaban J connectivity index is -0.000000310. The minimum Gasteiger partial charge on any atom is -0.481 e. The Labute approximate surface area is 157 Å². The summed E-state index contributed by atoms with van der Waals surface area (Å²) >= 11 is 0. The van der Waals surface area contributed by atoms with E-state index in [-0.39, 0.29) is 25.6 Å². The van der Waals surface area contributed by atoms with E-state index in [1.54, 1.807) is 13.8 Å². The van der Waals surface area contributed by atoms with E-state index >= 15 is 0 Å². The standard InChI is InChI=1S/C6H10O4.C6H14O3.C6H14O/c7-5(8)3-1-2-4-6(9)10;1-5(8)4-9-6(2)3-7;1-3-5-7-6-4-2/h1-4H2,(H,7,8)(H,9,10);5-8H,3-4H2,1-2H3;3-6H2,1-2H3. The van der Waals surface area contributed by atoms with Crippen LogP contribution in [-0.2, 0) is 19.1 Å². The lowest BCUT2D eigenvalue weighted by molar-refractivity contribution is -0.139. The summed E-state index contributed by atoms with van der Waals surface area (Å²) in [5.41, 5.74) is 0. The predicted octanol–water partition coefficient (Wildman–Crippen LogP) is 2.30. The average Bonchev–Trinajstić information content (AvgIpc) is 2.58. The van der Waals surface area contributed by atoms with Crippen molar-refractivity contribution in [3.8, 4) is 0 Å². The van der Waals surface area contributed by atoms with Crippen molar-refractivity contribution >= 4 is 11.9 Å². The van der Waals surface area contributed by atoms with Gasteiger partial charge in [-0.2, -0.15) is 0 Å². The number of aliphatic hydroxyl groups excluding tert-OH is 2. The van der Waals surface area contributed by atoms with Gasteiger partial charge in [-0.15, -0.1) is 0 Å². The molecule has 0 aliphatic heterocycles. The van der Waals surface area contributed by atoms with Crippen molar-refractivity contribution in [3.05, 3.63) is 0 Å². The Bertz CT molecular complexity index is 288. The van der Waals surface area contributed by atoms with Crippen molar-refractivity contribution in [3.63, 3.8) is 0 Å². The molecule has 0 aromatic rings. The maximum absolute atomic E-state index is 9.90. The highest BCUT2D eigenvalue weighted by Crippen LogP contribution is 1.98. The van der Waals surface area contributed by atoms with Crippen molar-refractivity contribution in [2.75, 3.05) is 26.4 Å². The van der Waals surface area contributed by atoms with Crippen LogP contribution in [-0.4, -0.2) is 71.0 Å². The fraction of sp³-hybridized carbons (Fsp3) is 0.889. The van der Waals surface area contributed by atoms with Gasteiger partial charge in [0.05, 0.1) is 25.4 Å². The number of carbonyl (C=O) groups is 2. The van der Waals surface area contributed by atoms with Gasteiger partial charge in [-0.1, -0.05) is 13.8 Å². The van der Waals surface area contributed by atoms with Gasteiger partial charge in [0, 0.05) is 26.1 Å². The summed E-state index contributed by atoms with van der Waals surface area (Å²) in [5.74, 6) is -1.74. The number of carboxylic acid groups (broad SMARTS) is 2. The summed E-state index contributed by atoms with van der Waals surface area (Å²) < 4.78 is 10.1. The van der Waals surface area contributed by atoms with Gasteiger partial charge >= 0.3 is 11.9 Å². The van der Waals surface area contributed by atoms with Crippen LogP contribution in [0, 0.1) is 0 Å². The molecular weight excluding hydrogens is 344 g/mol. The zero-order valence-corrected chi connectivity index (χ0v) is 16.6. The van der Waals surface area contributed by atoms with E-state index < -0.39 is 18.0 Å². The largest absolute Gasteiger partial charge is 0.481 e. The highest BCUT2D eigenvalue weighted by Gasteiger charge is 2.01. The molecule has 26 heavy (non-hydrogen) atoms. The first-order valence-corrected chi connectivity index (χ1v) is 9.12. The minimum absolute atomic E-state index is 0.00667. The molecule has 0 aliphatic rings. The third-order valence-corrected chi connectivity index (χ3v) is 2.61. The Hall–Kier alpha value is -1.22. The lowest BCUT2D eigenvalue weighted by Gasteiger charge is -2.10. The number of rotatable bonds is 13. The molecule has 0 spiro atoms. The van der Waals surface area contributed by atoms with E-state index in [0.717, 1.165) is 26.1 Å². The molecular formula is C18H38O8. The second-order valence-electron chi connectivity index (χ2n) is 5.78. The van der Waals surface area contributed by atoms with E-state index in [0.29, 0.717) is 19.4 Å². The van der Waals surface area contributed by atoms with Gasteiger partial charge in [-0.3, -0.25) is 9.59 Å². The van der Waals surface area contributed by atoms with Crippen LogP contribution in [0.4, 0.5) is 0 Å². The van der Waals surface area contributed by atoms with Crippen LogP contribution in [0.2, 0.25) is 0 Å². The third kappa shape index (κ3) is 38.4. The van der Waals surface area contributed by atoms with Crippen LogP contribution < -0.4 is 0 Å². The van der Waals surface area contributed by atoms with Gasteiger partial charge in [-0.25, -0.2) is 0 Å². The van der Waals surface area contributed by atoms with Crippen LogP contribution in [0.5, 0.6) is 0 Å². The van der Waals surface area contributed by atoms with Crippen LogP contribution in [0.25, 0.3) is 0 Å². The van der Waals surface area contributed by atoms with Crippen molar-refractivity contribution in [2.24, 2.45) is 0 Å². The SMILES string of the molecule is CC(O)COC(C)CO.CCCOCCC.O=C(O)CCCCC(=O)O. The first-order chi connectivity index (χ1) is 12.2. The van der Waals surface area contributed by atoms with Crippen LogP contribution in [0.1, 0.15) is 66.2 Å².